The van der Waals surface area contributed by atoms with Crippen LogP contribution in [-0.4, -0.2) is 84.6 Å². The highest BCUT2D eigenvalue weighted by Gasteiger charge is 2.32. The second-order valence-corrected chi connectivity index (χ2v) is 11.3. The molecule has 2 aliphatic heterocycles. The van der Waals surface area contributed by atoms with Crippen LogP contribution in [0.25, 0.3) is 11.0 Å². The summed E-state index contributed by atoms with van der Waals surface area (Å²) in [4.78, 5) is 20.0. The van der Waals surface area contributed by atoms with Gasteiger partial charge in [0.2, 0.25) is 15.9 Å². The molecule has 0 spiro atoms. The summed E-state index contributed by atoms with van der Waals surface area (Å²) >= 11 is 0. The molecule has 1 saturated carbocycles. The van der Waals surface area contributed by atoms with Crippen molar-refractivity contribution in [1.82, 2.24) is 24.1 Å². The van der Waals surface area contributed by atoms with Gasteiger partial charge in [0, 0.05) is 58.2 Å². The van der Waals surface area contributed by atoms with Crippen molar-refractivity contribution in [3.8, 4) is 0 Å². The van der Waals surface area contributed by atoms with Crippen molar-refractivity contribution < 1.29 is 17.9 Å². The van der Waals surface area contributed by atoms with E-state index in [4.69, 9.17) is 4.74 Å². The smallest absolute Gasteiger partial charge is 0.243 e. The number of hydrogen-bond donors (Lipinski definition) is 1. The van der Waals surface area contributed by atoms with Gasteiger partial charge in [-0.05, 0) is 43.9 Å². The van der Waals surface area contributed by atoms with Gasteiger partial charge >= 0.3 is 0 Å². The number of rotatable bonds is 7. The Morgan fingerprint density at radius 3 is 2.55 bits per heavy atom. The van der Waals surface area contributed by atoms with Crippen LogP contribution in [0.2, 0.25) is 0 Å². The largest absolute Gasteiger partial charge is 0.379 e. The second-order valence-electron chi connectivity index (χ2n) is 9.36. The Kier molecular flexibility index (Phi) is 6.43. The number of carbonyl (C=O) groups excluding carboxylic acids is 1. The lowest BCUT2D eigenvalue weighted by atomic mass is 10.0. The molecule has 3 fully saturated rings. The second kappa shape index (κ2) is 9.32. The van der Waals surface area contributed by atoms with E-state index in [0.29, 0.717) is 44.7 Å². The summed E-state index contributed by atoms with van der Waals surface area (Å²) in [5.41, 5.74) is 1.49. The molecule has 1 aliphatic carbocycles. The lowest BCUT2D eigenvalue weighted by Gasteiger charge is -2.32. The Labute approximate surface area is 195 Å². The maximum atomic E-state index is 13.0. The van der Waals surface area contributed by atoms with Crippen LogP contribution in [0.15, 0.2) is 23.1 Å². The van der Waals surface area contributed by atoms with E-state index in [2.05, 4.69) is 15.2 Å². The number of likely N-dealkylation sites (tertiary alicyclic amines) is 1. The molecule has 33 heavy (non-hydrogen) atoms. The first-order valence-corrected chi connectivity index (χ1v) is 13.4. The molecule has 3 aliphatic rings. The molecule has 9 nitrogen and oxygen atoms in total. The first kappa shape index (κ1) is 22.8. The van der Waals surface area contributed by atoms with Crippen molar-refractivity contribution >= 4 is 27.0 Å². The number of morpholine rings is 1. The van der Waals surface area contributed by atoms with E-state index in [1.54, 1.807) is 18.2 Å². The zero-order chi connectivity index (χ0) is 23.0. The molecule has 0 unspecified atom stereocenters. The number of nitrogens with one attached hydrogen (secondary N) is 1. The molecular formula is C23H33N5O4S. The van der Waals surface area contributed by atoms with Crippen LogP contribution in [-0.2, 0) is 33.0 Å². The minimum absolute atomic E-state index is 0.0579. The summed E-state index contributed by atoms with van der Waals surface area (Å²) in [5.74, 6) is 0.840. The van der Waals surface area contributed by atoms with Crippen LogP contribution >= 0.6 is 0 Å². The van der Waals surface area contributed by atoms with Gasteiger partial charge in [0.15, 0.2) is 0 Å². The standard InChI is InChI=1S/C23H33N5O4S/c1-26-21-5-4-19(33(30,31)28-12-14-32-15-13-28)16-20(21)25-22(26)6-7-23(29)24-17-8-10-27(11-9-17)18-2-3-18/h4-5,16-18H,2-3,6-15H2,1H3,(H,24,29). The number of nitrogens with zero attached hydrogens (tertiary/aromatic N) is 4. The fourth-order valence-corrected chi connectivity index (χ4v) is 6.35. The molecule has 180 valence electrons. The number of sulfonamides is 1. The first-order chi connectivity index (χ1) is 15.9. The molecule has 3 heterocycles. The minimum atomic E-state index is -3.57. The van der Waals surface area contributed by atoms with Gasteiger partial charge in [-0.15, -0.1) is 0 Å². The van der Waals surface area contributed by atoms with E-state index in [1.807, 2.05) is 11.6 Å². The predicted octanol–water partition coefficient (Wildman–Crippen LogP) is 1.27. The average Bonchev–Trinajstić information content (AvgIpc) is 3.63. The van der Waals surface area contributed by atoms with Crippen LogP contribution in [0.5, 0.6) is 0 Å². The van der Waals surface area contributed by atoms with Crippen molar-refractivity contribution in [3.63, 3.8) is 0 Å². The predicted molar refractivity (Wildman–Crippen MR) is 124 cm³/mol. The molecule has 1 aromatic carbocycles. The molecule has 1 N–H and O–H groups in total. The number of ether oxygens (including phenoxy) is 1. The van der Waals surface area contributed by atoms with Crippen molar-refractivity contribution in [2.75, 3.05) is 39.4 Å². The van der Waals surface area contributed by atoms with E-state index in [-0.39, 0.29) is 16.8 Å². The van der Waals surface area contributed by atoms with Gasteiger partial charge in [-0.1, -0.05) is 0 Å². The third kappa shape index (κ3) is 4.94. The van der Waals surface area contributed by atoms with E-state index < -0.39 is 10.0 Å². The molecule has 1 aromatic heterocycles. The normalized spacial score (nSPS) is 21.5. The number of carbonyl (C=O) groups is 1. The molecule has 1 amide bonds. The number of amides is 1. The Morgan fingerprint density at radius 1 is 1.12 bits per heavy atom. The zero-order valence-corrected chi connectivity index (χ0v) is 20.0. The number of benzene rings is 1. The highest BCUT2D eigenvalue weighted by molar-refractivity contribution is 7.89. The van der Waals surface area contributed by atoms with Crippen LogP contribution in [0.3, 0.4) is 0 Å². The lowest BCUT2D eigenvalue weighted by molar-refractivity contribution is -0.122. The van der Waals surface area contributed by atoms with E-state index in [1.165, 1.54) is 17.1 Å². The maximum absolute atomic E-state index is 13.0. The van der Waals surface area contributed by atoms with Crippen molar-refractivity contribution in [1.29, 1.82) is 0 Å². The van der Waals surface area contributed by atoms with Crippen molar-refractivity contribution in [2.24, 2.45) is 7.05 Å². The van der Waals surface area contributed by atoms with Gasteiger partial charge in [-0.3, -0.25) is 4.79 Å². The average molecular weight is 476 g/mol. The molecule has 2 saturated heterocycles. The van der Waals surface area contributed by atoms with E-state index in [9.17, 15) is 13.2 Å². The number of aromatic nitrogens is 2. The third-order valence-corrected chi connectivity index (χ3v) is 8.98. The molecule has 2 aromatic rings. The fourth-order valence-electron chi connectivity index (χ4n) is 4.92. The summed E-state index contributed by atoms with van der Waals surface area (Å²) in [6.07, 6.45) is 5.59. The van der Waals surface area contributed by atoms with Crippen molar-refractivity contribution in [2.45, 2.75) is 55.5 Å². The summed E-state index contributed by atoms with van der Waals surface area (Å²) in [5, 5.41) is 3.19. The molecule has 0 radical (unpaired) electrons. The number of fused-ring (bicyclic) bond motifs is 1. The van der Waals surface area contributed by atoms with Crippen LogP contribution in [0, 0.1) is 0 Å². The fraction of sp³-hybridized carbons (Fsp3) is 0.652. The van der Waals surface area contributed by atoms with Crippen LogP contribution < -0.4 is 5.32 Å². The summed E-state index contributed by atoms with van der Waals surface area (Å²) in [6, 6.07) is 6.13. The summed E-state index contributed by atoms with van der Waals surface area (Å²) in [6.45, 7) is 3.71. The maximum Gasteiger partial charge on any atom is 0.243 e. The van der Waals surface area contributed by atoms with Crippen LogP contribution in [0.4, 0.5) is 0 Å². The molecule has 5 rings (SSSR count). The topological polar surface area (TPSA) is 96.8 Å². The Balaban J connectivity index is 1.20. The number of piperidine rings is 1. The van der Waals surface area contributed by atoms with Crippen molar-refractivity contribution in [3.05, 3.63) is 24.0 Å². The van der Waals surface area contributed by atoms with Gasteiger partial charge in [-0.25, -0.2) is 13.4 Å². The van der Waals surface area contributed by atoms with E-state index in [0.717, 1.165) is 43.3 Å². The Bertz CT molecular complexity index is 1110. The first-order valence-electron chi connectivity index (χ1n) is 12.0. The zero-order valence-electron chi connectivity index (χ0n) is 19.2. The Morgan fingerprint density at radius 2 is 1.85 bits per heavy atom. The highest BCUT2D eigenvalue weighted by atomic mass is 32.2. The van der Waals surface area contributed by atoms with Gasteiger partial charge in [0.25, 0.3) is 0 Å². The van der Waals surface area contributed by atoms with Gasteiger partial charge < -0.3 is 19.5 Å². The van der Waals surface area contributed by atoms with Gasteiger partial charge in [0.1, 0.15) is 5.82 Å². The molecule has 0 atom stereocenters. The monoisotopic (exact) mass is 475 g/mol. The van der Waals surface area contributed by atoms with Crippen LogP contribution in [0.1, 0.15) is 37.9 Å². The molecular weight excluding hydrogens is 442 g/mol. The number of hydrogen-bond acceptors (Lipinski definition) is 6. The third-order valence-electron chi connectivity index (χ3n) is 7.09. The summed E-state index contributed by atoms with van der Waals surface area (Å²) in [7, 11) is -1.66. The number of imidazole rings is 1. The van der Waals surface area contributed by atoms with E-state index >= 15 is 0 Å². The number of aryl methyl sites for hydroxylation is 2. The van der Waals surface area contributed by atoms with Gasteiger partial charge in [-0.2, -0.15) is 4.31 Å². The molecule has 10 heteroatoms. The quantitative estimate of drug-likeness (QED) is 0.648. The Hall–Kier alpha value is -2.01. The summed E-state index contributed by atoms with van der Waals surface area (Å²) < 4.78 is 34.6. The minimum Gasteiger partial charge on any atom is -0.379 e. The lowest BCUT2D eigenvalue weighted by Crippen LogP contribution is -2.45. The highest BCUT2D eigenvalue weighted by Crippen LogP contribution is 2.29. The van der Waals surface area contributed by atoms with Gasteiger partial charge in [0.05, 0.1) is 29.1 Å². The SMILES string of the molecule is Cn1c(CCC(=O)NC2CCN(C3CC3)CC2)nc2cc(S(=O)(=O)N3CCOCC3)ccc21. The molecule has 0 bridgehead atoms.